The zero-order valence-corrected chi connectivity index (χ0v) is 11.5. The largest absolute Gasteiger partial charge is 0.366 e. The van der Waals surface area contributed by atoms with E-state index >= 15 is 0 Å². The fourth-order valence-corrected chi connectivity index (χ4v) is 1.92. The first-order valence-corrected chi connectivity index (χ1v) is 6.36. The second kappa shape index (κ2) is 6.47. The van der Waals surface area contributed by atoms with Gasteiger partial charge in [0, 0.05) is 18.5 Å². The Morgan fingerprint density at radius 3 is 2.57 bits per heavy atom. The third-order valence-corrected chi connectivity index (χ3v) is 2.91. The third kappa shape index (κ3) is 3.76. The average Bonchev–Trinajstić information content (AvgIpc) is 2.46. The summed E-state index contributed by atoms with van der Waals surface area (Å²) in [4.78, 5) is 27.3. The Morgan fingerprint density at radius 1 is 1.19 bits per heavy atom. The molecule has 0 bridgehead atoms. The van der Waals surface area contributed by atoms with E-state index in [9.17, 15) is 9.59 Å². The zero-order valence-electron chi connectivity index (χ0n) is 11.5. The van der Waals surface area contributed by atoms with Gasteiger partial charge in [-0.1, -0.05) is 12.1 Å². The molecule has 2 aromatic rings. The van der Waals surface area contributed by atoms with Gasteiger partial charge in [-0.25, -0.2) is 0 Å². The first-order chi connectivity index (χ1) is 10.1. The van der Waals surface area contributed by atoms with Crippen LogP contribution >= 0.6 is 0 Å². The molecule has 2 amide bonds. The predicted octanol–water partition coefficient (Wildman–Crippen LogP) is 2.14. The first kappa shape index (κ1) is 14.5. The van der Waals surface area contributed by atoms with E-state index in [4.69, 9.17) is 5.73 Å². The van der Waals surface area contributed by atoms with Gasteiger partial charge in [0.05, 0.1) is 11.3 Å². The van der Waals surface area contributed by atoms with Gasteiger partial charge in [0.15, 0.2) is 0 Å². The summed E-state index contributed by atoms with van der Waals surface area (Å²) in [5.74, 6) is -0.901. The summed E-state index contributed by atoms with van der Waals surface area (Å²) < 4.78 is 0. The number of aryl methyl sites for hydroxylation is 1. The van der Waals surface area contributed by atoms with Crippen LogP contribution in [0.5, 0.6) is 0 Å². The molecule has 21 heavy (non-hydrogen) atoms. The maximum absolute atomic E-state index is 11.9. The molecular weight excluding hydrogens is 266 g/mol. The lowest BCUT2D eigenvalue weighted by Gasteiger charge is -2.09. The van der Waals surface area contributed by atoms with Crippen molar-refractivity contribution in [2.24, 2.45) is 5.73 Å². The zero-order chi connectivity index (χ0) is 15.2. The number of rotatable bonds is 4. The number of nitrogens with one attached hydrogen (secondary N) is 1. The topological polar surface area (TPSA) is 85.1 Å². The normalized spacial score (nSPS) is 10.5. The molecule has 106 valence electrons. The SMILES string of the molecule is Cc1cccc(NC(=O)C=Cc2ccncc2)c1C(N)=O. The monoisotopic (exact) mass is 281 g/mol. The summed E-state index contributed by atoms with van der Waals surface area (Å²) in [5, 5.41) is 2.66. The number of nitrogens with two attached hydrogens (primary N) is 1. The number of benzene rings is 1. The van der Waals surface area contributed by atoms with Crippen LogP contribution in [-0.4, -0.2) is 16.8 Å². The van der Waals surface area contributed by atoms with Crippen molar-refractivity contribution in [3.05, 3.63) is 65.5 Å². The number of primary amides is 1. The molecule has 0 atom stereocenters. The van der Waals surface area contributed by atoms with Crippen molar-refractivity contribution in [3.63, 3.8) is 0 Å². The van der Waals surface area contributed by atoms with E-state index in [0.717, 1.165) is 11.1 Å². The second-order valence-electron chi connectivity index (χ2n) is 4.46. The van der Waals surface area contributed by atoms with E-state index in [1.54, 1.807) is 55.7 Å². The van der Waals surface area contributed by atoms with Crippen molar-refractivity contribution in [3.8, 4) is 0 Å². The molecule has 1 aromatic carbocycles. The molecule has 1 heterocycles. The second-order valence-corrected chi connectivity index (χ2v) is 4.46. The first-order valence-electron chi connectivity index (χ1n) is 6.36. The van der Waals surface area contributed by atoms with Crippen LogP contribution in [0.3, 0.4) is 0 Å². The molecule has 0 aliphatic carbocycles. The lowest BCUT2D eigenvalue weighted by atomic mass is 10.1. The van der Waals surface area contributed by atoms with Crippen molar-refractivity contribution in [2.75, 3.05) is 5.32 Å². The van der Waals surface area contributed by atoms with Gasteiger partial charge in [0.2, 0.25) is 5.91 Å². The highest BCUT2D eigenvalue weighted by Crippen LogP contribution is 2.19. The summed E-state index contributed by atoms with van der Waals surface area (Å²) in [6.45, 7) is 1.77. The standard InChI is InChI=1S/C16H15N3O2/c1-11-3-2-4-13(15(11)16(17)21)19-14(20)6-5-12-7-9-18-10-8-12/h2-10H,1H3,(H2,17,21)(H,19,20). The quantitative estimate of drug-likeness (QED) is 0.842. The molecule has 5 heteroatoms. The molecule has 0 aliphatic rings. The highest BCUT2D eigenvalue weighted by atomic mass is 16.2. The fourth-order valence-electron chi connectivity index (χ4n) is 1.92. The average molecular weight is 281 g/mol. The Hall–Kier alpha value is -2.95. The summed E-state index contributed by atoms with van der Waals surface area (Å²) >= 11 is 0. The number of carbonyl (C=O) groups is 2. The maximum atomic E-state index is 11.9. The minimum Gasteiger partial charge on any atom is -0.366 e. The predicted molar refractivity (Wildman–Crippen MR) is 81.6 cm³/mol. The number of hydrogen-bond donors (Lipinski definition) is 2. The number of anilines is 1. The van der Waals surface area contributed by atoms with Crippen LogP contribution in [0.4, 0.5) is 5.69 Å². The van der Waals surface area contributed by atoms with E-state index in [1.807, 2.05) is 0 Å². The molecule has 5 nitrogen and oxygen atoms in total. The highest BCUT2D eigenvalue weighted by molar-refractivity contribution is 6.07. The minimum absolute atomic E-state index is 0.322. The van der Waals surface area contributed by atoms with Gasteiger partial charge >= 0.3 is 0 Å². The summed E-state index contributed by atoms with van der Waals surface area (Å²) in [5.41, 5.74) is 7.65. The lowest BCUT2D eigenvalue weighted by Crippen LogP contribution is -2.18. The molecule has 0 spiro atoms. The van der Waals surface area contributed by atoms with E-state index in [0.29, 0.717) is 11.3 Å². The number of nitrogens with zero attached hydrogens (tertiary/aromatic N) is 1. The van der Waals surface area contributed by atoms with E-state index in [-0.39, 0.29) is 5.91 Å². The summed E-state index contributed by atoms with van der Waals surface area (Å²) in [7, 11) is 0. The summed E-state index contributed by atoms with van der Waals surface area (Å²) in [6.07, 6.45) is 6.34. The van der Waals surface area contributed by atoms with Crippen molar-refractivity contribution in [1.29, 1.82) is 0 Å². The van der Waals surface area contributed by atoms with Gasteiger partial charge in [-0.3, -0.25) is 14.6 Å². The van der Waals surface area contributed by atoms with Gasteiger partial charge in [0.1, 0.15) is 0 Å². The molecule has 0 saturated carbocycles. The number of carbonyl (C=O) groups excluding carboxylic acids is 2. The Kier molecular flexibility index (Phi) is 4.46. The van der Waals surface area contributed by atoms with Crippen molar-refractivity contribution >= 4 is 23.6 Å². The van der Waals surface area contributed by atoms with E-state index in [2.05, 4.69) is 10.3 Å². The maximum Gasteiger partial charge on any atom is 0.251 e. The van der Waals surface area contributed by atoms with E-state index in [1.165, 1.54) is 6.08 Å². The molecule has 0 radical (unpaired) electrons. The van der Waals surface area contributed by atoms with Crippen LogP contribution in [0.15, 0.2) is 48.8 Å². The molecule has 0 fully saturated rings. The Labute approximate surface area is 122 Å². The van der Waals surface area contributed by atoms with Crippen LogP contribution in [0.25, 0.3) is 6.08 Å². The molecule has 1 aromatic heterocycles. The highest BCUT2D eigenvalue weighted by Gasteiger charge is 2.12. The van der Waals surface area contributed by atoms with Crippen LogP contribution in [0.1, 0.15) is 21.5 Å². The lowest BCUT2D eigenvalue weighted by molar-refractivity contribution is -0.111. The number of aromatic nitrogens is 1. The van der Waals surface area contributed by atoms with E-state index < -0.39 is 5.91 Å². The molecular formula is C16H15N3O2. The number of pyridine rings is 1. The minimum atomic E-state index is -0.568. The summed E-state index contributed by atoms with van der Waals surface area (Å²) in [6, 6.07) is 8.73. The fraction of sp³-hybridized carbons (Fsp3) is 0.0625. The smallest absolute Gasteiger partial charge is 0.251 e. The molecule has 0 unspecified atom stereocenters. The number of hydrogen-bond acceptors (Lipinski definition) is 3. The third-order valence-electron chi connectivity index (χ3n) is 2.91. The van der Waals surface area contributed by atoms with Crippen molar-refractivity contribution in [2.45, 2.75) is 6.92 Å². The van der Waals surface area contributed by atoms with Gasteiger partial charge < -0.3 is 11.1 Å². The Balaban J connectivity index is 2.15. The van der Waals surface area contributed by atoms with Gasteiger partial charge in [0.25, 0.3) is 5.91 Å². The van der Waals surface area contributed by atoms with Crippen LogP contribution in [-0.2, 0) is 4.79 Å². The van der Waals surface area contributed by atoms with Gasteiger partial charge in [-0.2, -0.15) is 0 Å². The molecule has 2 rings (SSSR count). The van der Waals surface area contributed by atoms with Crippen molar-refractivity contribution < 1.29 is 9.59 Å². The molecule has 0 saturated heterocycles. The van der Waals surface area contributed by atoms with Crippen LogP contribution in [0, 0.1) is 6.92 Å². The Morgan fingerprint density at radius 2 is 1.90 bits per heavy atom. The Bertz CT molecular complexity index is 694. The molecule has 0 aliphatic heterocycles. The van der Waals surface area contributed by atoms with Crippen molar-refractivity contribution in [1.82, 2.24) is 4.98 Å². The van der Waals surface area contributed by atoms with Gasteiger partial charge in [-0.15, -0.1) is 0 Å². The van der Waals surface area contributed by atoms with Crippen LogP contribution in [0.2, 0.25) is 0 Å². The van der Waals surface area contributed by atoms with Gasteiger partial charge in [-0.05, 0) is 42.3 Å². The number of amides is 2. The van der Waals surface area contributed by atoms with Crippen LogP contribution < -0.4 is 11.1 Å². The molecule has 3 N–H and O–H groups in total.